The number of rotatable bonds is 9. The maximum Gasteiger partial charge on any atom is 0.409 e. The highest BCUT2D eigenvalue weighted by atomic mass is 16.6. The van der Waals surface area contributed by atoms with Crippen molar-refractivity contribution in [1.29, 1.82) is 0 Å². The van der Waals surface area contributed by atoms with Crippen molar-refractivity contribution in [2.24, 2.45) is 0 Å². The van der Waals surface area contributed by atoms with Gasteiger partial charge >= 0.3 is 12.1 Å². The molecule has 0 unspecified atom stereocenters. The third-order valence-corrected chi connectivity index (χ3v) is 5.93. The number of benzene rings is 3. The lowest BCUT2D eigenvalue weighted by Crippen LogP contribution is -2.35. The summed E-state index contributed by atoms with van der Waals surface area (Å²) in [4.78, 5) is 25.5. The Morgan fingerprint density at radius 2 is 1.41 bits per heavy atom. The number of nitrogens with zero attached hydrogens (tertiary/aromatic N) is 1. The highest BCUT2D eigenvalue weighted by Gasteiger charge is 2.29. The van der Waals surface area contributed by atoms with E-state index in [0.29, 0.717) is 25.9 Å². The Bertz CT molecular complexity index is 1030. The van der Waals surface area contributed by atoms with Crippen LogP contribution in [-0.4, -0.2) is 41.8 Å². The molecule has 1 aliphatic carbocycles. The summed E-state index contributed by atoms with van der Waals surface area (Å²) in [6.45, 7) is 1.10. The molecule has 0 saturated carbocycles. The van der Waals surface area contributed by atoms with Crippen LogP contribution in [0.15, 0.2) is 78.9 Å². The first-order valence-electron chi connectivity index (χ1n) is 11.0. The Balaban J connectivity index is 1.43. The van der Waals surface area contributed by atoms with Crippen molar-refractivity contribution in [3.63, 3.8) is 0 Å². The molecule has 164 valence electrons. The van der Waals surface area contributed by atoms with Crippen molar-refractivity contribution in [2.45, 2.75) is 25.2 Å². The van der Waals surface area contributed by atoms with E-state index >= 15 is 0 Å². The molecule has 5 heteroatoms. The van der Waals surface area contributed by atoms with Gasteiger partial charge in [-0.05, 0) is 40.7 Å². The Morgan fingerprint density at radius 1 is 0.812 bits per heavy atom. The van der Waals surface area contributed by atoms with Gasteiger partial charge in [0.05, 0.1) is 0 Å². The minimum absolute atomic E-state index is 0.00124. The highest BCUT2D eigenvalue weighted by Crippen LogP contribution is 2.44. The van der Waals surface area contributed by atoms with Gasteiger partial charge in [-0.3, -0.25) is 4.79 Å². The maximum atomic E-state index is 13.0. The maximum absolute atomic E-state index is 13.0. The Hall–Kier alpha value is -3.60. The molecule has 0 saturated heterocycles. The second-order valence-electron chi connectivity index (χ2n) is 8.02. The normalized spacial score (nSPS) is 12.1. The standard InChI is InChI=1S/C27H27NO4/c29-26(30)15-8-17-28(18-16-20-9-2-1-3-10-20)27(31)32-19-25-23-13-6-4-11-21(23)22-12-5-7-14-24(22)25/h1-7,9-14,25H,8,15-19H2,(H,29,30). The lowest BCUT2D eigenvalue weighted by molar-refractivity contribution is -0.137. The van der Waals surface area contributed by atoms with Crippen LogP contribution < -0.4 is 0 Å². The van der Waals surface area contributed by atoms with Gasteiger partial charge < -0.3 is 14.7 Å². The number of hydrogen-bond donors (Lipinski definition) is 1. The second kappa shape index (κ2) is 10.1. The number of carbonyl (C=O) groups is 2. The van der Waals surface area contributed by atoms with Crippen LogP contribution in [-0.2, 0) is 16.0 Å². The molecule has 3 aromatic rings. The van der Waals surface area contributed by atoms with Gasteiger partial charge in [0.1, 0.15) is 6.61 Å². The quantitative estimate of drug-likeness (QED) is 0.498. The molecule has 0 heterocycles. The van der Waals surface area contributed by atoms with Gasteiger partial charge in [0.2, 0.25) is 0 Å². The Morgan fingerprint density at radius 3 is 2.03 bits per heavy atom. The second-order valence-corrected chi connectivity index (χ2v) is 8.02. The van der Waals surface area contributed by atoms with E-state index in [-0.39, 0.29) is 18.9 Å². The zero-order valence-electron chi connectivity index (χ0n) is 17.9. The number of carboxylic acids is 1. The fourth-order valence-corrected chi connectivity index (χ4v) is 4.31. The number of fused-ring (bicyclic) bond motifs is 3. The molecule has 0 spiro atoms. The molecule has 0 radical (unpaired) electrons. The molecule has 0 aromatic heterocycles. The summed E-state index contributed by atoms with van der Waals surface area (Å²) in [5.41, 5.74) is 5.84. The summed E-state index contributed by atoms with van der Waals surface area (Å²) < 4.78 is 5.79. The van der Waals surface area contributed by atoms with Crippen molar-refractivity contribution >= 4 is 12.1 Å². The molecule has 0 fully saturated rings. The lowest BCUT2D eigenvalue weighted by Gasteiger charge is -2.23. The first kappa shape index (κ1) is 21.6. The molecule has 1 N–H and O–H groups in total. The predicted octanol–water partition coefficient (Wildman–Crippen LogP) is 5.35. The number of ether oxygens (including phenoxy) is 1. The number of hydrogen-bond acceptors (Lipinski definition) is 3. The molecule has 32 heavy (non-hydrogen) atoms. The molecule has 1 amide bonds. The first-order chi connectivity index (χ1) is 15.6. The summed E-state index contributed by atoms with van der Waals surface area (Å²) in [6.07, 6.45) is 0.721. The number of carbonyl (C=O) groups excluding carboxylic acids is 1. The summed E-state index contributed by atoms with van der Waals surface area (Å²) >= 11 is 0. The van der Waals surface area contributed by atoms with Gasteiger partial charge in [0, 0.05) is 25.4 Å². The molecule has 0 aliphatic heterocycles. The smallest absolute Gasteiger partial charge is 0.409 e. The molecule has 1 aliphatic rings. The average molecular weight is 430 g/mol. The van der Waals surface area contributed by atoms with Gasteiger partial charge in [-0.25, -0.2) is 4.79 Å². The molecule has 0 atom stereocenters. The van der Waals surface area contributed by atoms with Crippen molar-refractivity contribution in [3.05, 3.63) is 95.6 Å². The van der Waals surface area contributed by atoms with E-state index in [4.69, 9.17) is 9.84 Å². The van der Waals surface area contributed by atoms with Crippen LogP contribution in [0.3, 0.4) is 0 Å². The van der Waals surface area contributed by atoms with Gasteiger partial charge in [0.15, 0.2) is 0 Å². The van der Waals surface area contributed by atoms with Crippen molar-refractivity contribution < 1.29 is 19.4 Å². The van der Waals surface area contributed by atoms with Crippen LogP contribution in [0.2, 0.25) is 0 Å². The summed E-state index contributed by atoms with van der Waals surface area (Å²) in [6, 6.07) is 26.4. The molecule has 5 nitrogen and oxygen atoms in total. The van der Waals surface area contributed by atoms with Gasteiger partial charge in [-0.2, -0.15) is 0 Å². The van der Waals surface area contributed by atoms with Gasteiger partial charge in [0.25, 0.3) is 0 Å². The van der Waals surface area contributed by atoms with Crippen LogP contribution in [0.5, 0.6) is 0 Å². The minimum Gasteiger partial charge on any atom is -0.481 e. The van der Waals surface area contributed by atoms with Crippen molar-refractivity contribution in [3.8, 4) is 11.1 Å². The first-order valence-corrected chi connectivity index (χ1v) is 11.0. The predicted molar refractivity (Wildman–Crippen MR) is 124 cm³/mol. The third-order valence-electron chi connectivity index (χ3n) is 5.93. The van der Waals surface area contributed by atoms with Crippen LogP contribution >= 0.6 is 0 Å². The fourth-order valence-electron chi connectivity index (χ4n) is 4.31. The average Bonchev–Trinajstić information content (AvgIpc) is 3.14. The number of amides is 1. The van der Waals surface area contributed by atoms with E-state index in [1.54, 1.807) is 4.90 Å². The van der Waals surface area contributed by atoms with Gasteiger partial charge in [-0.1, -0.05) is 78.9 Å². The van der Waals surface area contributed by atoms with Crippen molar-refractivity contribution in [2.75, 3.05) is 19.7 Å². The Labute approximate surface area is 188 Å². The van der Waals surface area contributed by atoms with Crippen LogP contribution in [0.4, 0.5) is 4.79 Å². The zero-order valence-corrected chi connectivity index (χ0v) is 17.9. The lowest BCUT2D eigenvalue weighted by atomic mass is 9.98. The van der Waals surface area contributed by atoms with E-state index in [1.165, 1.54) is 22.3 Å². The van der Waals surface area contributed by atoms with Crippen LogP contribution in [0.25, 0.3) is 11.1 Å². The monoisotopic (exact) mass is 429 g/mol. The van der Waals surface area contributed by atoms with Crippen molar-refractivity contribution in [1.82, 2.24) is 4.90 Å². The SMILES string of the molecule is O=C(O)CCCN(CCc1ccccc1)C(=O)OCC1c2ccccc2-c2ccccc21. The van der Waals surface area contributed by atoms with Gasteiger partial charge in [-0.15, -0.1) is 0 Å². The molecule has 3 aromatic carbocycles. The van der Waals surface area contributed by atoms with E-state index in [0.717, 1.165) is 5.56 Å². The molecule has 0 bridgehead atoms. The third kappa shape index (κ3) is 4.99. The fraction of sp³-hybridized carbons (Fsp3) is 0.259. The molecule has 4 rings (SSSR count). The van der Waals surface area contributed by atoms with E-state index in [9.17, 15) is 9.59 Å². The van der Waals surface area contributed by atoms with Crippen LogP contribution in [0.1, 0.15) is 35.4 Å². The molecular weight excluding hydrogens is 402 g/mol. The highest BCUT2D eigenvalue weighted by molar-refractivity contribution is 5.79. The largest absolute Gasteiger partial charge is 0.481 e. The topological polar surface area (TPSA) is 66.8 Å². The number of aliphatic carboxylic acids is 1. The van der Waals surface area contributed by atoms with E-state index < -0.39 is 12.1 Å². The zero-order chi connectivity index (χ0) is 22.3. The minimum atomic E-state index is -0.861. The number of carboxylic acid groups (broad SMARTS) is 1. The Kier molecular flexibility index (Phi) is 6.85. The van der Waals surface area contributed by atoms with E-state index in [1.807, 2.05) is 54.6 Å². The summed E-state index contributed by atoms with van der Waals surface area (Å²) in [5, 5.41) is 8.97. The summed E-state index contributed by atoms with van der Waals surface area (Å²) in [7, 11) is 0. The van der Waals surface area contributed by atoms with E-state index in [2.05, 4.69) is 24.3 Å². The van der Waals surface area contributed by atoms with Crippen LogP contribution in [0, 0.1) is 0 Å². The summed E-state index contributed by atoms with van der Waals surface area (Å²) in [5.74, 6) is -0.859. The molecular formula is C27H27NO4.